The third kappa shape index (κ3) is 9.22. The molecule has 0 amide bonds. The number of pyridine rings is 1. The minimum atomic E-state index is -1.82. The van der Waals surface area contributed by atoms with E-state index in [1.54, 1.807) is 0 Å². The number of unbranched alkanes of at least 4 members (excludes halogenated alkanes) is 3. The predicted molar refractivity (Wildman–Crippen MR) is 121 cm³/mol. The molecule has 0 aliphatic heterocycles. The van der Waals surface area contributed by atoms with Crippen LogP contribution in [0, 0.1) is 13.8 Å². The van der Waals surface area contributed by atoms with Gasteiger partial charge in [0.05, 0.1) is 11.2 Å². The Hall–Kier alpha value is -2.67. The summed E-state index contributed by atoms with van der Waals surface area (Å²) in [5.41, 5.74) is 4.64. The number of carbonyl (C=O) groups is 2. The second-order valence-electron chi connectivity index (χ2n) is 7.32. The fourth-order valence-corrected chi connectivity index (χ4v) is 3.19. The van der Waals surface area contributed by atoms with Crippen LogP contribution in [-0.4, -0.2) is 58.2 Å². The van der Waals surface area contributed by atoms with Crippen LogP contribution in [0.5, 0.6) is 0 Å². The van der Waals surface area contributed by atoms with E-state index in [-0.39, 0.29) is 0 Å². The summed E-state index contributed by atoms with van der Waals surface area (Å²) < 4.78 is 0. The van der Waals surface area contributed by atoms with Gasteiger partial charge in [-0.2, -0.15) is 0 Å². The van der Waals surface area contributed by atoms with E-state index in [1.165, 1.54) is 62.0 Å². The van der Waals surface area contributed by atoms with Crippen molar-refractivity contribution in [2.75, 3.05) is 31.5 Å². The zero-order valence-corrected chi connectivity index (χ0v) is 18.6. The summed E-state index contributed by atoms with van der Waals surface area (Å²) >= 11 is 0. The number of carboxylic acids is 2. The van der Waals surface area contributed by atoms with E-state index in [0.717, 1.165) is 17.8 Å². The summed E-state index contributed by atoms with van der Waals surface area (Å²) in [6, 6.07) is 8.68. The quantitative estimate of drug-likeness (QED) is 0.391. The highest BCUT2D eigenvalue weighted by molar-refractivity contribution is 6.27. The van der Waals surface area contributed by atoms with E-state index in [2.05, 4.69) is 62.2 Å². The molecular formula is C23H35N3O4. The number of nitrogens with zero attached hydrogens (tertiary/aromatic N) is 2. The summed E-state index contributed by atoms with van der Waals surface area (Å²) in [4.78, 5) is 25.4. The van der Waals surface area contributed by atoms with Gasteiger partial charge in [-0.15, -0.1) is 0 Å². The Labute approximate surface area is 179 Å². The third-order valence-corrected chi connectivity index (χ3v) is 4.87. The maximum absolute atomic E-state index is 9.10. The first kappa shape index (κ1) is 25.4. The van der Waals surface area contributed by atoms with E-state index in [9.17, 15) is 0 Å². The largest absolute Gasteiger partial charge is 0.473 e. The van der Waals surface area contributed by atoms with E-state index < -0.39 is 11.9 Å². The molecule has 7 nitrogen and oxygen atoms in total. The van der Waals surface area contributed by atoms with Crippen LogP contribution in [0.3, 0.4) is 0 Å². The van der Waals surface area contributed by atoms with Gasteiger partial charge in [0.15, 0.2) is 0 Å². The van der Waals surface area contributed by atoms with Crippen LogP contribution < -0.4 is 5.32 Å². The topological polar surface area (TPSA) is 103 Å². The number of aromatic nitrogens is 1. The first-order valence-corrected chi connectivity index (χ1v) is 10.6. The molecule has 166 valence electrons. The first-order chi connectivity index (χ1) is 14.3. The molecular weight excluding hydrogens is 382 g/mol. The highest BCUT2D eigenvalue weighted by atomic mass is 16.4. The molecule has 2 aromatic rings. The molecule has 30 heavy (non-hydrogen) atoms. The molecule has 0 aliphatic rings. The number of hydrogen-bond donors (Lipinski definition) is 3. The number of carboxylic acid groups (broad SMARTS) is 2. The molecule has 0 saturated carbocycles. The van der Waals surface area contributed by atoms with Crippen molar-refractivity contribution in [3.63, 3.8) is 0 Å². The SMILES string of the molecule is CCN(CC)CCCCCCNc1cc(C)cc2ccc(C)nc12.O=C(O)C(=O)O. The average molecular weight is 418 g/mol. The van der Waals surface area contributed by atoms with Crippen molar-refractivity contribution in [2.45, 2.75) is 53.4 Å². The average Bonchev–Trinajstić information content (AvgIpc) is 2.70. The molecule has 0 fully saturated rings. The summed E-state index contributed by atoms with van der Waals surface area (Å²) in [5, 5.41) is 19.6. The second kappa shape index (κ2) is 13.5. The molecule has 0 aliphatic carbocycles. The highest BCUT2D eigenvalue weighted by Crippen LogP contribution is 2.24. The smallest absolute Gasteiger partial charge is 0.414 e. The number of nitrogens with one attached hydrogen (secondary N) is 1. The normalized spacial score (nSPS) is 10.6. The molecule has 0 atom stereocenters. The van der Waals surface area contributed by atoms with Crippen LogP contribution in [0.2, 0.25) is 0 Å². The number of anilines is 1. The van der Waals surface area contributed by atoms with E-state index >= 15 is 0 Å². The molecule has 0 saturated heterocycles. The van der Waals surface area contributed by atoms with Crippen LogP contribution in [0.15, 0.2) is 24.3 Å². The molecule has 1 heterocycles. The van der Waals surface area contributed by atoms with Gasteiger partial charge in [0.2, 0.25) is 0 Å². The van der Waals surface area contributed by atoms with Gasteiger partial charge in [-0.25, -0.2) is 9.59 Å². The lowest BCUT2D eigenvalue weighted by molar-refractivity contribution is -0.159. The molecule has 0 bridgehead atoms. The van der Waals surface area contributed by atoms with Gasteiger partial charge < -0.3 is 20.4 Å². The molecule has 7 heteroatoms. The highest BCUT2D eigenvalue weighted by Gasteiger charge is 2.05. The van der Waals surface area contributed by atoms with Crippen molar-refractivity contribution in [3.8, 4) is 0 Å². The summed E-state index contributed by atoms with van der Waals surface area (Å²) in [7, 11) is 0. The van der Waals surface area contributed by atoms with Gasteiger partial charge in [-0.3, -0.25) is 4.98 Å². The minimum absolute atomic E-state index is 1.03. The Morgan fingerprint density at radius 1 is 0.967 bits per heavy atom. The van der Waals surface area contributed by atoms with Gasteiger partial charge in [0.1, 0.15) is 0 Å². The standard InChI is InChI=1S/C21H33N3.C2H2O4/c1-5-24(6-2)14-10-8-7-9-13-22-20-16-17(3)15-19-12-11-18(4)23-21(19)20;3-1(4)2(5)6/h11-12,15-16,22H,5-10,13-14H2,1-4H3;(H,3,4)(H,5,6). The number of hydrogen-bond acceptors (Lipinski definition) is 5. The number of aryl methyl sites for hydroxylation is 2. The van der Waals surface area contributed by atoms with Crippen molar-refractivity contribution in [1.29, 1.82) is 0 Å². The minimum Gasteiger partial charge on any atom is -0.473 e. The van der Waals surface area contributed by atoms with Crippen LogP contribution >= 0.6 is 0 Å². The van der Waals surface area contributed by atoms with Crippen molar-refractivity contribution < 1.29 is 19.8 Å². The van der Waals surface area contributed by atoms with Crippen LogP contribution in [0.4, 0.5) is 5.69 Å². The maximum Gasteiger partial charge on any atom is 0.414 e. The Kier molecular flexibility index (Phi) is 11.4. The Morgan fingerprint density at radius 3 is 2.20 bits per heavy atom. The van der Waals surface area contributed by atoms with Crippen molar-refractivity contribution in [3.05, 3.63) is 35.5 Å². The third-order valence-electron chi connectivity index (χ3n) is 4.87. The van der Waals surface area contributed by atoms with Crippen LogP contribution in [-0.2, 0) is 9.59 Å². The summed E-state index contributed by atoms with van der Waals surface area (Å²) in [6.07, 6.45) is 5.16. The summed E-state index contributed by atoms with van der Waals surface area (Å²) in [5.74, 6) is -3.65. The zero-order chi connectivity index (χ0) is 22.5. The van der Waals surface area contributed by atoms with Crippen molar-refractivity contribution in [2.24, 2.45) is 0 Å². The van der Waals surface area contributed by atoms with Gasteiger partial charge in [0.25, 0.3) is 0 Å². The van der Waals surface area contributed by atoms with Gasteiger partial charge >= 0.3 is 11.9 Å². The fraction of sp³-hybridized carbons (Fsp3) is 0.522. The van der Waals surface area contributed by atoms with E-state index in [0.29, 0.717) is 0 Å². The molecule has 0 radical (unpaired) electrons. The number of fused-ring (bicyclic) bond motifs is 1. The zero-order valence-electron chi connectivity index (χ0n) is 18.6. The van der Waals surface area contributed by atoms with E-state index in [4.69, 9.17) is 24.8 Å². The lowest BCUT2D eigenvalue weighted by Gasteiger charge is -2.17. The number of rotatable bonds is 10. The van der Waals surface area contributed by atoms with Crippen molar-refractivity contribution in [1.82, 2.24) is 9.88 Å². The molecule has 1 aromatic heterocycles. The molecule has 1 aromatic carbocycles. The molecule has 2 rings (SSSR count). The maximum atomic E-state index is 9.10. The molecule has 3 N–H and O–H groups in total. The first-order valence-electron chi connectivity index (χ1n) is 10.6. The van der Waals surface area contributed by atoms with Crippen molar-refractivity contribution >= 4 is 28.5 Å². The van der Waals surface area contributed by atoms with Crippen LogP contribution in [0.25, 0.3) is 10.9 Å². The van der Waals surface area contributed by atoms with E-state index in [1.807, 2.05) is 0 Å². The number of benzene rings is 1. The molecule has 0 spiro atoms. The van der Waals surface area contributed by atoms with Gasteiger partial charge in [-0.05, 0) is 70.1 Å². The lowest BCUT2D eigenvalue weighted by Crippen LogP contribution is -2.23. The number of aliphatic carboxylic acids is 2. The second-order valence-corrected chi connectivity index (χ2v) is 7.32. The van der Waals surface area contributed by atoms with Gasteiger partial charge in [-0.1, -0.05) is 32.8 Å². The molecule has 0 unspecified atom stereocenters. The Balaban J connectivity index is 0.000000656. The predicted octanol–water partition coefficient (Wildman–Crippen LogP) is 4.32. The fourth-order valence-electron chi connectivity index (χ4n) is 3.19. The summed E-state index contributed by atoms with van der Waals surface area (Å²) in [6.45, 7) is 13.3. The van der Waals surface area contributed by atoms with Gasteiger partial charge in [0, 0.05) is 17.6 Å². The van der Waals surface area contributed by atoms with Crippen LogP contribution in [0.1, 0.15) is 50.8 Å². The monoisotopic (exact) mass is 417 g/mol. The Morgan fingerprint density at radius 2 is 1.60 bits per heavy atom. The Bertz CT molecular complexity index is 807. The lowest BCUT2D eigenvalue weighted by atomic mass is 10.1.